The maximum atomic E-state index is 12.7. The summed E-state index contributed by atoms with van der Waals surface area (Å²) < 4.78 is 26.7. The van der Waals surface area contributed by atoms with Crippen LogP contribution in [0.15, 0.2) is 64.7 Å². The molecule has 8 heteroatoms. The molecule has 0 aliphatic heterocycles. The van der Waals surface area contributed by atoms with Crippen molar-refractivity contribution >= 4 is 33.0 Å². The molecule has 0 fully saturated rings. The Morgan fingerprint density at radius 3 is 2.63 bits per heavy atom. The number of amides is 1. The summed E-state index contributed by atoms with van der Waals surface area (Å²) in [6.07, 6.45) is 3.29. The Morgan fingerprint density at radius 1 is 1.13 bits per heavy atom. The topological polar surface area (TPSA) is 91.7 Å². The molecule has 0 saturated heterocycles. The van der Waals surface area contributed by atoms with E-state index in [1.807, 2.05) is 31.2 Å². The second-order valence-corrected chi connectivity index (χ2v) is 8.63. The maximum Gasteiger partial charge on any atom is 0.271 e. The van der Waals surface area contributed by atoms with Crippen LogP contribution in [0.3, 0.4) is 0 Å². The minimum atomic E-state index is -3.64. The number of hydrazone groups is 1. The van der Waals surface area contributed by atoms with Crippen LogP contribution >= 0.6 is 0 Å². The van der Waals surface area contributed by atoms with Gasteiger partial charge in [-0.05, 0) is 36.8 Å². The van der Waals surface area contributed by atoms with Crippen molar-refractivity contribution in [3.63, 3.8) is 0 Å². The van der Waals surface area contributed by atoms with E-state index in [2.05, 4.69) is 15.5 Å². The van der Waals surface area contributed by atoms with Gasteiger partial charge in [0.15, 0.2) is 0 Å². The fraction of sp³-hybridized carbons (Fsp3) is 0.227. The molecule has 1 heterocycles. The molecule has 7 nitrogen and oxygen atoms in total. The minimum Gasteiger partial charge on any atom is -0.267 e. The van der Waals surface area contributed by atoms with Crippen LogP contribution in [0.2, 0.25) is 0 Å². The first-order valence-corrected chi connectivity index (χ1v) is 11.1. The molecular formula is C22H24N4O3S. The molecule has 2 aromatic carbocycles. The third kappa shape index (κ3) is 4.39. The lowest BCUT2D eigenvalue weighted by atomic mass is 10.1. The number of nitrogens with one attached hydrogen (secondary N) is 1. The number of carbonyl (C=O) groups is 1. The first-order valence-electron chi connectivity index (χ1n) is 9.66. The lowest BCUT2D eigenvalue weighted by Gasteiger charge is -2.18. The van der Waals surface area contributed by atoms with E-state index < -0.39 is 15.9 Å². The van der Waals surface area contributed by atoms with Gasteiger partial charge in [-0.25, -0.2) is 13.8 Å². The van der Waals surface area contributed by atoms with Gasteiger partial charge >= 0.3 is 0 Å². The second-order valence-electron chi connectivity index (χ2n) is 6.69. The molecule has 0 bridgehead atoms. The van der Waals surface area contributed by atoms with E-state index in [1.165, 1.54) is 16.4 Å². The smallest absolute Gasteiger partial charge is 0.267 e. The lowest BCUT2D eigenvalue weighted by Crippen LogP contribution is -2.30. The summed E-state index contributed by atoms with van der Waals surface area (Å²) in [4.78, 5) is 17.0. The third-order valence-electron chi connectivity index (χ3n) is 4.81. The number of rotatable bonds is 7. The average molecular weight is 425 g/mol. The van der Waals surface area contributed by atoms with E-state index >= 15 is 0 Å². The third-order valence-corrected chi connectivity index (χ3v) is 6.86. The van der Waals surface area contributed by atoms with Crippen LogP contribution in [0.1, 0.15) is 35.3 Å². The summed E-state index contributed by atoms with van der Waals surface area (Å²) in [6.45, 7) is 6.25. The van der Waals surface area contributed by atoms with Crippen molar-refractivity contribution in [3.05, 3.63) is 71.4 Å². The van der Waals surface area contributed by atoms with Crippen LogP contribution in [0.25, 0.3) is 10.9 Å². The SMILES string of the molecule is CCN(CC)S(=O)(=O)c1cccc(C(=O)N/N=C/c2ccc(C)c3ncccc23)c1. The quantitative estimate of drug-likeness (QED) is 0.465. The number of nitrogens with zero attached hydrogens (tertiary/aromatic N) is 3. The van der Waals surface area contributed by atoms with Gasteiger partial charge in [0.05, 0.1) is 16.6 Å². The molecule has 156 valence electrons. The van der Waals surface area contributed by atoms with Crippen molar-refractivity contribution in [3.8, 4) is 0 Å². The van der Waals surface area contributed by atoms with Crippen LogP contribution in [0, 0.1) is 6.92 Å². The van der Waals surface area contributed by atoms with E-state index in [9.17, 15) is 13.2 Å². The van der Waals surface area contributed by atoms with Crippen LogP contribution in [-0.4, -0.2) is 42.9 Å². The zero-order valence-corrected chi connectivity index (χ0v) is 18.0. The Labute approximate surface area is 176 Å². The predicted octanol–water partition coefficient (Wildman–Crippen LogP) is 3.34. The molecule has 3 aromatic rings. The first kappa shape index (κ1) is 21.6. The van der Waals surface area contributed by atoms with Crippen LogP contribution in [0.5, 0.6) is 0 Å². The Hall–Kier alpha value is -3.10. The Kier molecular flexibility index (Phi) is 6.59. The van der Waals surface area contributed by atoms with E-state index in [0.717, 1.165) is 22.0 Å². The first-order chi connectivity index (χ1) is 14.4. The van der Waals surface area contributed by atoms with Crippen molar-refractivity contribution in [1.82, 2.24) is 14.7 Å². The molecule has 0 saturated carbocycles. The van der Waals surface area contributed by atoms with Crippen molar-refractivity contribution in [2.45, 2.75) is 25.7 Å². The van der Waals surface area contributed by atoms with Crippen molar-refractivity contribution in [2.75, 3.05) is 13.1 Å². The molecule has 30 heavy (non-hydrogen) atoms. The molecule has 0 unspecified atom stereocenters. The Balaban J connectivity index is 1.80. The van der Waals surface area contributed by atoms with Gasteiger partial charge in [-0.15, -0.1) is 0 Å². The van der Waals surface area contributed by atoms with Crippen molar-refractivity contribution in [1.29, 1.82) is 0 Å². The van der Waals surface area contributed by atoms with Gasteiger partial charge in [0.1, 0.15) is 0 Å². The number of hydrogen-bond acceptors (Lipinski definition) is 5. The number of aromatic nitrogens is 1. The number of aryl methyl sites for hydroxylation is 1. The molecule has 1 N–H and O–H groups in total. The van der Waals surface area contributed by atoms with Gasteiger partial charge in [0.25, 0.3) is 5.91 Å². The highest BCUT2D eigenvalue weighted by molar-refractivity contribution is 7.89. The van der Waals surface area contributed by atoms with Crippen LogP contribution in [0.4, 0.5) is 0 Å². The number of sulfonamides is 1. The van der Waals surface area contributed by atoms with Gasteiger partial charge < -0.3 is 0 Å². The number of hydrogen-bond donors (Lipinski definition) is 1. The standard InChI is InChI=1S/C22H24N4O3S/c1-4-26(5-2)30(28,29)19-9-6-8-17(14-19)22(27)25-24-15-18-12-11-16(3)21-20(18)10-7-13-23-21/h6-15H,4-5H2,1-3H3,(H,25,27)/b24-15+. The normalized spacial score (nSPS) is 12.0. The maximum absolute atomic E-state index is 12.7. The summed E-state index contributed by atoms with van der Waals surface area (Å²) in [5, 5.41) is 4.98. The number of fused-ring (bicyclic) bond motifs is 1. The molecule has 0 aliphatic rings. The van der Waals surface area contributed by atoms with Gasteiger partial charge in [-0.2, -0.15) is 9.41 Å². The van der Waals surface area contributed by atoms with Gasteiger partial charge in [-0.1, -0.05) is 38.1 Å². The lowest BCUT2D eigenvalue weighted by molar-refractivity contribution is 0.0955. The molecule has 1 amide bonds. The molecule has 0 radical (unpaired) electrons. The van der Waals surface area contributed by atoms with E-state index in [4.69, 9.17) is 0 Å². The van der Waals surface area contributed by atoms with E-state index in [-0.39, 0.29) is 10.5 Å². The summed E-state index contributed by atoms with van der Waals surface area (Å²) >= 11 is 0. The highest BCUT2D eigenvalue weighted by Gasteiger charge is 2.22. The molecule has 0 atom stereocenters. The summed E-state index contributed by atoms with van der Waals surface area (Å²) in [7, 11) is -3.64. The molecule has 0 spiro atoms. The molecular weight excluding hydrogens is 400 g/mol. The number of pyridine rings is 1. The van der Waals surface area contributed by atoms with Crippen LogP contribution in [-0.2, 0) is 10.0 Å². The zero-order valence-electron chi connectivity index (χ0n) is 17.2. The number of benzene rings is 2. The summed E-state index contributed by atoms with van der Waals surface area (Å²) in [6, 6.07) is 13.6. The molecule has 3 rings (SSSR count). The van der Waals surface area contributed by atoms with Gasteiger partial charge in [0.2, 0.25) is 10.0 Å². The predicted molar refractivity (Wildman–Crippen MR) is 118 cm³/mol. The zero-order chi connectivity index (χ0) is 21.7. The Bertz CT molecular complexity index is 1200. The molecule has 1 aromatic heterocycles. The highest BCUT2D eigenvalue weighted by Crippen LogP contribution is 2.19. The van der Waals surface area contributed by atoms with Crippen LogP contribution < -0.4 is 5.43 Å². The van der Waals surface area contributed by atoms with E-state index in [0.29, 0.717) is 13.1 Å². The monoisotopic (exact) mass is 424 g/mol. The Morgan fingerprint density at radius 2 is 1.90 bits per heavy atom. The van der Waals surface area contributed by atoms with Crippen molar-refractivity contribution in [2.24, 2.45) is 5.10 Å². The minimum absolute atomic E-state index is 0.0819. The van der Waals surface area contributed by atoms with Gasteiger partial charge in [0, 0.05) is 35.8 Å². The largest absolute Gasteiger partial charge is 0.271 e. The average Bonchev–Trinajstić information content (AvgIpc) is 2.76. The fourth-order valence-corrected chi connectivity index (χ4v) is 4.69. The van der Waals surface area contributed by atoms with Crippen molar-refractivity contribution < 1.29 is 13.2 Å². The fourth-order valence-electron chi connectivity index (χ4n) is 3.18. The summed E-state index contributed by atoms with van der Waals surface area (Å²) in [5.41, 5.74) is 5.43. The van der Waals surface area contributed by atoms with E-state index in [1.54, 1.807) is 38.4 Å². The van der Waals surface area contributed by atoms with Gasteiger partial charge in [-0.3, -0.25) is 9.78 Å². The highest BCUT2D eigenvalue weighted by atomic mass is 32.2. The molecule has 0 aliphatic carbocycles. The summed E-state index contributed by atoms with van der Waals surface area (Å²) in [5.74, 6) is -0.489. The second kappa shape index (κ2) is 9.15. The number of carbonyl (C=O) groups excluding carboxylic acids is 1.